The van der Waals surface area contributed by atoms with Gasteiger partial charge in [0.25, 0.3) is 15.9 Å². The van der Waals surface area contributed by atoms with Gasteiger partial charge < -0.3 is 10.1 Å². The monoisotopic (exact) mass is 486 g/mol. The summed E-state index contributed by atoms with van der Waals surface area (Å²) >= 11 is 11.9. The van der Waals surface area contributed by atoms with Gasteiger partial charge in [0.15, 0.2) is 6.61 Å². The Morgan fingerprint density at radius 3 is 2.32 bits per heavy atom. The highest BCUT2D eigenvalue weighted by atomic mass is 35.5. The summed E-state index contributed by atoms with van der Waals surface area (Å²) in [7, 11) is -3.93. The first kappa shape index (κ1) is 22.8. The number of sulfonamides is 1. The first-order valence-corrected chi connectivity index (χ1v) is 10.8. The summed E-state index contributed by atoms with van der Waals surface area (Å²) in [5.74, 6) is -2.39. The van der Waals surface area contributed by atoms with Crippen LogP contribution in [-0.2, 0) is 14.8 Å². The lowest BCUT2D eigenvalue weighted by atomic mass is 10.3. The quantitative estimate of drug-likeness (QED) is 0.487. The summed E-state index contributed by atoms with van der Waals surface area (Å²) in [5, 5.41) is 2.63. The van der Waals surface area contributed by atoms with E-state index in [0.717, 1.165) is 18.2 Å². The Morgan fingerprint density at radius 2 is 1.68 bits per heavy atom. The van der Waals surface area contributed by atoms with Gasteiger partial charge in [-0.15, -0.1) is 0 Å². The fourth-order valence-corrected chi connectivity index (χ4v) is 3.93. The van der Waals surface area contributed by atoms with Crippen LogP contribution in [0.25, 0.3) is 0 Å². The topological polar surface area (TPSA) is 84.5 Å². The molecule has 3 aromatic rings. The van der Waals surface area contributed by atoms with E-state index in [1.165, 1.54) is 36.4 Å². The maximum atomic E-state index is 13.6. The Bertz CT molecular complexity index is 1220. The van der Waals surface area contributed by atoms with Gasteiger partial charge in [-0.05, 0) is 54.6 Å². The van der Waals surface area contributed by atoms with Crippen molar-refractivity contribution in [2.75, 3.05) is 16.6 Å². The third kappa shape index (κ3) is 6.06. The average molecular weight is 487 g/mol. The number of hydrogen-bond donors (Lipinski definition) is 2. The lowest BCUT2D eigenvalue weighted by Crippen LogP contribution is -2.21. The summed E-state index contributed by atoms with van der Waals surface area (Å²) in [6.07, 6.45) is 0. The molecule has 0 aromatic heterocycles. The van der Waals surface area contributed by atoms with E-state index in [0.29, 0.717) is 16.8 Å². The second kappa shape index (κ2) is 9.51. The van der Waals surface area contributed by atoms with Crippen LogP contribution >= 0.6 is 23.2 Å². The van der Waals surface area contributed by atoms with Gasteiger partial charge in [0.2, 0.25) is 0 Å². The minimum Gasteiger partial charge on any atom is -0.482 e. The van der Waals surface area contributed by atoms with E-state index in [-0.39, 0.29) is 21.4 Å². The van der Waals surface area contributed by atoms with E-state index in [1.54, 1.807) is 0 Å². The van der Waals surface area contributed by atoms with Gasteiger partial charge in [0.05, 0.1) is 15.6 Å². The normalized spacial score (nSPS) is 11.1. The van der Waals surface area contributed by atoms with E-state index < -0.39 is 34.2 Å². The van der Waals surface area contributed by atoms with Crippen molar-refractivity contribution < 1.29 is 26.7 Å². The Morgan fingerprint density at radius 1 is 0.968 bits per heavy atom. The Balaban J connectivity index is 1.64. The molecule has 0 saturated carbocycles. The predicted octanol–water partition coefficient (Wildman–Crippen LogP) is 5.09. The van der Waals surface area contributed by atoms with Gasteiger partial charge >= 0.3 is 0 Å². The first-order chi connectivity index (χ1) is 14.6. The van der Waals surface area contributed by atoms with E-state index in [9.17, 15) is 22.0 Å². The summed E-state index contributed by atoms with van der Waals surface area (Å²) < 4.78 is 59.1. The highest BCUT2D eigenvalue weighted by Crippen LogP contribution is 2.28. The van der Waals surface area contributed by atoms with Crippen molar-refractivity contribution in [3.8, 4) is 5.75 Å². The van der Waals surface area contributed by atoms with Crippen molar-refractivity contribution in [3.63, 3.8) is 0 Å². The molecule has 0 fully saturated rings. The average Bonchev–Trinajstić information content (AvgIpc) is 2.70. The Labute approximate surface area is 186 Å². The third-order valence-electron chi connectivity index (χ3n) is 3.87. The molecule has 6 nitrogen and oxygen atoms in total. The predicted molar refractivity (Wildman–Crippen MR) is 114 cm³/mol. The molecule has 11 heteroatoms. The number of anilines is 2. The highest BCUT2D eigenvalue weighted by molar-refractivity contribution is 7.92. The lowest BCUT2D eigenvalue weighted by Gasteiger charge is -2.12. The smallest absolute Gasteiger partial charge is 0.262 e. The second-order valence-electron chi connectivity index (χ2n) is 6.17. The number of carbonyl (C=O) groups excluding carboxylic acids is 1. The number of benzene rings is 3. The van der Waals surface area contributed by atoms with Gasteiger partial charge in [-0.25, -0.2) is 17.2 Å². The number of carbonyl (C=O) groups is 1. The minimum absolute atomic E-state index is 0.0434. The van der Waals surface area contributed by atoms with Crippen molar-refractivity contribution in [3.05, 3.63) is 82.3 Å². The summed E-state index contributed by atoms with van der Waals surface area (Å²) in [5.41, 5.74) is 0.0985. The third-order valence-corrected chi connectivity index (χ3v) is 5.80. The summed E-state index contributed by atoms with van der Waals surface area (Å²) in [6, 6.07) is 12.5. The van der Waals surface area contributed by atoms with Crippen LogP contribution in [0.1, 0.15) is 0 Å². The first-order valence-electron chi connectivity index (χ1n) is 8.60. The zero-order chi connectivity index (χ0) is 22.6. The molecule has 0 saturated heterocycles. The second-order valence-corrected chi connectivity index (χ2v) is 8.69. The maximum absolute atomic E-state index is 13.6. The molecule has 0 unspecified atom stereocenters. The number of amides is 1. The summed E-state index contributed by atoms with van der Waals surface area (Å²) in [6.45, 7) is -0.536. The molecular formula is C20H14Cl2F2N2O4S. The number of ether oxygens (including phenoxy) is 1. The number of nitrogens with one attached hydrogen (secondary N) is 2. The molecule has 0 aliphatic heterocycles. The molecule has 3 aromatic carbocycles. The van der Waals surface area contributed by atoms with Crippen molar-refractivity contribution in [1.82, 2.24) is 0 Å². The SMILES string of the molecule is O=C(COc1ccc(S(=O)(=O)Nc2ccc(Cl)cc2)cc1Cl)Nc1ccc(F)cc1F. The van der Waals surface area contributed by atoms with Crippen LogP contribution in [0.5, 0.6) is 5.75 Å². The molecule has 31 heavy (non-hydrogen) atoms. The fourth-order valence-electron chi connectivity index (χ4n) is 2.42. The molecule has 162 valence electrons. The molecule has 0 spiro atoms. The molecule has 0 bridgehead atoms. The van der Waals surface area contributed by atoms with Crippen LogP contribution in [0.2, 0.25) is 10.0 Å². The van der Waals surface area contributed by atoms with Crippen molar-refractivity contribution >= 4 is 50.5 Å². The van der Waals surface area contributed by atoms with Gasteiger partial charge in [0, 0.05) is 16.8 Å². The van der Waals surface area contributed by atoms with Gasteiger partial charge in [-0.3, -0.25) is 9.52 Å². The molecule has 0 atom stereocenters. The molecule has 0 aliphatic rings. The van der Waals surface area contributed by atoms with Gasteiger partial charge in [-0.1, -0.05) is 23.2 Å². The van der Waals surface area contributed by atoms with Crippen molar-refractivity contribution in [2.45, 2.75) is 4.90 Å². The van der Waals surface area contributed by atoms with Crippen LogP contribution in [0.15, 0.2) is 65.6 Å². The summed E-state index contributed by atoms with van der Waals surface area (Å²) in [4.78, 5) is 11.8. The Kier molecular flexibility index (Phi) is 6.99. The Hall–Kier alpha value is -2.88. The zero-order valence-corrected chi connectivity index (χ0v) is 17.9. The minimum atomic E-state index is -3.93. The molecule has 0 aliphatic carbocycles. The number of halogens is 4. The van der Waals surface area contributed by atoms with Crippen molar-refractivity contribution in [2.24, 2.45) is 0 Å². The zero-order valence-electron chi connectivity index (χ0n) is 15.5. The lowest BCUT2D eigenvalue weighted by molar-refractivity contribution is -0.118. The van der Waals surface area contributed by atoms with Gasteiger partial charge in [-0.2, -0.15) is 0 Å². The molecule has 3 rings (SSSR count). The van der Waals surface area contributed by atoms with Crippen LogP contribution in [0, 0.1) is 11.6 Å². The van der Waals surface area contributed by atoms with Crippen LogP contribution in [-0.4, -0.2) is 20.9 Å². The fraction of sp³-hybridized carbons (Fsp3) is 0.0500. The van der Waals surface area contributed by atoms with E-state index >= 15 is 0 Å². The highest BCUT2D eigenvalue weighted by Gasteiger charge is 2.17. The van der Waals surface area contributed by atoms with Gasteiger partial charge in [0.1, 0.15) is 17.4 Å². The van der Waals surface area contributed by atoms with E-state index in [1.807, 2.05) is 0 Å². The van der Waals surface area contributed by atoms with E-state index in [2.05, 4.69) is 10.0 Å². The molecule has 1 amide bonds. The van der Waals surface area contributed by atoms with Crippen LogP contribution in [0.4, 0.5) is 20.2 Å². The van der Waals surface area contributed by atoms with E-state index in [4.69, 9.17) is 27.9 Å². The number of hydrogen-bond acceptors (Lipinski definition) is 4. The van der Waals surface area contributed by atoms with Crippen molar-refractivity contribution in [1.29, 1.82) is 0 Å². The molecule has 0 radical (unpaired) electrons. The largest absolute Gasteiger partial charge is 0.482 e. The van der Waals surface area contributed by atoms with Crippen LogP contribution in [0.3, 0.4) is 0 Å². The standard InChI is InChI=1S/C20H14Cl2F2N2O4S/c21-12-1-4-14(5-2-12)26-31(28,29)15-6-8-19(16(22)10-15)30-11-20(27)25-18-7-3-13(23)9-17(18)24/h1-10,26H,11H2,(H,25,27). The molecular weight excluding hydrogens is 473 g/mol. The molecule has 0 heterocycles. The van der Waals surface area contributed by atoms with Crippen LogP contribution < -0.4 is 14.8 Å². The molecule has 2 N–H and O–H groups in total. The maximum Gasteiger partial charge on any atom is 0.262 e. The number of rotatable bonds is 7.